The minimum absolute atomic E-state index is 0.0217. The molecule has 0 saturated carbocycles. The van der Waals surface area contributed by atoms with Gasteiger partial charge in [-0.15, -0.1) is 0 Å². The summed E-state index contributed by atoms with van der Waals surface area (Å²) < 4.78 is 2.20. The number of aromatic hydroxyl groups is 1. The number of aliphatic imine (C=N–C) groups is 1. The molecule has 2 aromatic heterocycles. The second kappa shape index (κ2) is 6.38. The van der Waals surface area contributed by atoms with Crippen molar-refractivity contribution in [2.45, 2.75) is 33.9 Å². The first kappa shape index (κ1) is 15.7. The predicted molar refractivity (Wildman–Crippen MR) is 84.2 cm³/mol. The minimum Gasteiger partial charge on any atom is -0.494 e. The van der Waals surface area contributed by atoms with Gasteiger partial charge in [0.1, 0.15) is 5.56 Å². The maximum absolute atomic E-state index is 12.3. The average Bonchev–Trinajstić information content (AvgIpc) is 2.48. The third-order valence-corrected chi connectivity index (χ3v) is 3.27. The molecule has 0 amide bonds. The van der Waals surface area contributed by atoms with Crippen LogP contribution in [0.4, 0.5) is 5.82 Å². The summed E-state index contributed by atoms with van der Waals surface area (Å²) in [5.74, 6) is 0.0506. The van der Waals surface area contributed by atoms with E-state index in [4.69, 9.17) is 0 Å². The van der Waals surface area contributed by atoms with E-state index < -0.39 is 11.2 Å². The first-order chi connectivity index (χ1) is 10.5. The maximum Gasteiger partial charge on any atom is 0.333 e. The molecule has 0 aromatic carbocycles. The van der Waals surface area contributed by atoms with Crippen molar-refractivity contribution in [3.63, 3.8) is 0 Å². The standard InChI is InChI=1S/C15H18N4O3/c1-4-18-13(20)11(14(21)19(5-2)15(18)22)9-16-12-8-6-7-10(3)17-12/h6-9,20H,4-5H2,1-3H3. The lowest BCUT2D eigenvalue weighted by Crippen LogP contribution is -2.41. The van der Waals surface area contributed by atoms with Gasteiger partial charge >= 0.3 is 5.69 Å². The number of aryl methyl sites for hydroxylation is 1. The first-order valence-corrected chi connectivity index (χ1v) is 7.03. The topological polar surface area (TPSA) is 89.5 Å². The van der Waals surface area contributed by atoms with Crippen LogP contribution in [-0.2, 0) is 13.1 Å². The van der Waals surface area contributed by atoms with E-state index in [1.165, 1.54) is 6.21 Å². The number of nitrogens with zero attached hydrogens (tertiary/aromatic N) is 4. The second-order valence-electron chi connectivity index (χ2n) is 4.71. The Morgan fingerprint density at radius 2 is 1.91 bits per heavy atom. The van der Waals surface area contributed by atoms with E-state index in [9.17, 15) is 14.7 Å². The molecule has 0 aliphatic heterocycles. The van der Waals surface area contributed by atoms with Crippen LogP contribution in [0, 0.1) is 6.92 Å². The van der Waals surface area contributed by atoms with Gasteiger partial charge in [0.25, 0.3) is 5.56 Å². The highest BCUT2D eigenvalue weighted by Crippen LogP contribution is 2.11. The summed E-state index contributed by atoms with van der Waals surface area (Å²) in [5.41, 5.74) is -0.320. The van der Waals surface area contributed by atoms with Gasteiger partial charge in [0.05, 0.1) is 0 Å². The number of aromatic nitrogens is 3. The van der Waals surface area contributed by atoms with Crippen molar-refractivity contribution in [3.05, 3.63) is 50.3 Å². The molecule has 0 fully saturated rings. The van der Waals surface area contributed by atoms with E-state index in [1.54, 1.807) is 26.0 Å². The molecular formula is C15H18N4O3. The summed E-state index contributed by atoms with van der Waals surface area (Å²) in [7, 11) is 0. The van der Waals surface area contributed by atoms with Gasteiger partial charge in [0.2, 0.25) is 5.88 Å². The Kier molecular flexibility index (Phi) is 4.55. The van der Waals surface area contributed by atoms with E-state index in [1.807, 2.05) is 13.0 Å². The lowest BCUT2D eigenvalue weighted by atomic mass is 10.3. The second-order valence-corrected chi connectivity index (χ2v) is 4.71. The van der Waals surface area contributed by atoms with Crippen LogP contribution in [0.5, 0.6) is 5.88 Å². The molecule has 0 aliphatic rings. The summed E-state index contributed by atoms with van der Waals surface area (Å²) in [6, 6.07) is 5.32. The average molecular weight is 302 g/mol. The fourth-order valence-corrected chi connectivity index (χ4v) is 2.12. The van der Waals surface area contributed by atoms with E-state index in [2.05, 4.69) is 9.98 Å². The summed E-state index contributed by atoms with van der Waals surface area (Å²) in [4.78, 5) is 32.6. The van der Waals surface area contributed by atoms with Crippen molar-refractivity contribution in [2.75, 3.05) is 0 Å². The van der Waals surface area contributed by atoms with Crippen LogP contribution in [0.2, 0.25) is 0 Å². The molecular weight excluding hydrogens is 284 g/mol. The molecule has 7 heteroatoms. The van der Waals surface area contributed by atoms with Gasteiger partial charge in [-0.1, -0.05) is 6.07 Å². The van der Waals surface area contributed by atoms with Crippen LogP contribution >= 0.6 is 0 Å². The normalized spacial score (nSPS) is 11.2. The molecule has 7 nitrogen and oxygen atoms in total. The van der Waals surface area contributed by atoms with Gasteiger partial charge in [-0.25, -0.2) is 14.8 Å². The highest BCUT2D eigenvalue weighted by atomic mass is 16.3. The highest BCUT2D eigenvalue weighted by Gasteiger charge is 2.15. The van der Waals surface area contributed by atoms with E-state index in [-0.39, 0.29) is 24.5 Å². The molecule has 116 valence electrons. The largest absolute Gasteiger partial charge is 0.494 e. The Morgan fingerprint density at radius 3 is 2.50 bits per heavy atom. The van der Waals surface area contributed by atoms with Gasteiger partial charge in [-0.2, -0.15) is 0 Å². The zero-order chi connectivity index (χ0) is 16.3. The quantitative estimate of drug-likeness (QED) is 0.860. The fraction of sp³-hybridized carbons (Fsp3) is 0.333. The van der Waals surface area contributed by atoms with Crippen molar-refractivity contribution < 1.29 is 5.11 Å². The van der Waals surface area contributed by atoms with Crippen LogP contribution in [0.3, 0.4) is 0 Å². The summed E-state index contributed by atoms with van der Waals surface area (Å²) >= 11 is 0. The molecule has 22 heavy (non-hydrogen) atoms. The van der Waals surface area contributed by atoms with Gasteiger partial charge in [0.15, 0.2) is 5.82 Å². The molecule has 0 radical (unpaired) electrons. The highest BCUT2D eigenvalue weighted by molar-refractivity contribution is 5.83. The number of hydrogen-bond acceptors (Lipinski definition) is 5. The Labute approximate surface area is 127 Å². The van der Waals surface area contributed by atoms with Crippen LogP contribution in [0.15, 0.2) is 32.8 Å². The number of rotatable bonds is 4. The Balaban J connectivity index is 2.60. The van der Waals surface area contributed by atoms with Crippen molar-refractivity contribution >= 4 is 12.0 Å². The molecule has 1 N–H and O–H groups in total. The summed E-state index contributed by atoms with van der Waals surface area (Å²) in [6.07, 6.45) is 1.25. The molecule has 2 aromatic rings. The van der Waals surface area contributed by atoms with Crippen molar-refractivity contribution in [1.29, 1.82) is 0 Å². The molecule has 0 saturated heterocycles. The van der Waals surface area contributed by atoms with Gasteiger partial charge in [-0.05, 0) is 32.9 Å². The Bertz CT molecular complexity index is 834. The van der Waals surface area contributed by atoms with Gasteiger partial charge < -0.3 is 5.11 Å². The lowest BCUT2D eigenvalue weighted by Gasteiger charge is -2.11. The SMILES string of the molecule is CCn1c(O)c(C=Nc2cccc(C)n2)c(=O)n(CC)c1=O. The monoisotopic (exact) mass is 302 g/mol. The zero-order valence-electron chi connectivity index (χ0n) is 12.8. The number of hydrogen-bond donors (Lipinski definition) is 1. The van der Waals surface area contributed by atoms with Crippen LogP contribution in [0.25, 0.3) is 0 Å². The van der Waals surface area contributed by atoms with Crippen LogP contribution in [-0.4, -0.2) is 25.4 Å². The molecule has 0 bridgehead atoms. The van der Waals surface area contributed by atoms with Gasteiger partial charge in [0, 0.05) is 25.0 Å². The molecule has 2 rings (SSSR count). The minimum atomic E-state index is -0.564. The third-order valence-electron chi connectivity index (χ3n) is 3.27. The molecule has 0 aliphatic carbocycles. The van der Waals surface area contributed by atoms with Gasteiger partial charge in [-0.3, -0.25) is 13.9 Å². The third kappa shape index (κ3) is 2.83. The lowest BCUT2D eigenvalue weighted by molar-refractivity contribution is 0.394. The number of pyridine rings is 1. The molecule has 0 unspecified atom stereocenters. The Hall–Kier alpha value is -2.70. The van der Waals surface area contributed by atoms with Crippen molar-refractivity contribution in [2.24, 2.45) is 4.99 Å². The smallest absolute Gasteiger partial charge is 0.333 e. The molecule has 0 spiro atoms. The first-order valence-electron chi connectivity index (χ1n) is 7.03. The van der Waals surface area contributed by atoms with Crippen molar-refractivity contribution in [3.8, 4) is 5.88 Å². The Morgan fingerprint density at radius 1 is 1.23 bits per heavy atom. The van der Waals surface area contributed by atoms with E-state index in [0.717, 1.165) is 14.8 Å². The van der Waals surface area contributed by atoms with Crippen molar-refractivity contribution in [1.82, 2.24) is 14.1 Å². The molecule has 0 atom stereocenters. The van der Waals surface area contributed by atoms with E-state index in [0.29, 0.717) is 5.82 Å². The zero-order valence-corrected chi connectivity index (χ0v) is 12.8. The fourth-order valence-electron chi connectivity index (χ4n) is 2.12. The van der Waals surface area contributed by atoms with Crippen LogP contribution in [0.1, 0.15) is 25.1 Å². The van der Waals surface area contributed by atoms with E-state index >= 15 is 0 Å². The summed E-state index contributed by atoms with van der Waals surface area (Å²) in [5, 5.41) is 10.1. The van der Waals surface area contributed by atoms with Crippen LogP contribution < -0.4 is 11.2 Å². The summed E-state index contributed by atoms with van der Waals surface area (Å²) in [6.45, 7) is 5.73. The predicted octanol–water partition coefficient (Wildman–Crippen LogP) is 1.21. The maximum atomic E-state index is 12.3. The molecule has 2 heterocycles.